The highest BCUT2D eigenvalue weighted by molar-refractivity contribution is 7.71. The molecule has 20 heavy (non-hydrogen) atoms. The number of benzene rings is 1. The summed E-state index contributed by atoms with van der Waals surface area (Å²) in [7, 11) is 4.08. The summed E-state index contributed by atoms with van der Waals surface area (Å²) in [6, 6.07) is 10.2. The second-order valence-electron chi connectivity index (χ2n) is 4.91. The van der Waals surface area contributed by atoms with E-state index in [9.17, 15) is 0 Å². The molecule has 0 aliphatic carbocycles. The first-order valence-electron chi connectivity index (χ1n) is 6.74. The van der Waals surface area contributed by atoms with Crippen LogP contribution < -0.4 is 0 Å². The summed E-state index contributed by atoms with van der Waals surface area (Å²) in [6.45, 7) is 3.11. The maximum Gasteiger partial charge on any atom is 0.177 e. The van der Waals surface area contributed by atoms with Crippen LogP contribution in [0.25, 0.3) is 11.3 Å². The summed E-state index contributed by atoms with van der Waals surface area (Å²) < 4.78 is 8.46. The molecule has 0 spiro atoms. The van der Waals surface area contributed by atoms with Crippen LogP contribution in [0.2, 0.25) is 0 Å². The minimum atomic E-state index is 0.667. The molecule has 1 N–H and O–H groups in total. The van der Waals surface area contributed by atoms with Gasteiger partial charge in [0.1, 0.15) is 0 Å². The van der Waals surface area contributed by atoms with Crippen LogP contribution in [0.15, 0.2) is 36.5 Å². The number of hydrogen-bond donors (Lipinski definition) is 1. The quantitative estimate of drug-likeness (QED) is 0.629. The predicted molar refractivity (Wildman–Crippen MR) is 84.4 cm³/mol. The van der Waals surface area contributed by atoms with Gasteiger partial charge in [-0.2, -0.15) is 0 Å². The molecule has 1 aromatic carbocycles. The maximum atomic E-state index is 5.64. The first-order valence-corrected chi connectivity index (χ1v) is 7.15. The van der Waals surface area contributed by atoms with E-state index in [4.69, 9.17) is 17.0 Å². The van der Waals surface area contributed by atoms with Crippen LogP contribution in [0.1, 0.15) is 0 Å². The third-order valence-electron chi connectivity index (χ3n) is 3.08. The van der Waals surface area contributed by atoms with Crippen LogP contribution in [0.4, 0.5) is 0 Å². The fourth-order valence-electron chi connectivity index (χ4n) is 1.97. The van der Waals surface area contributed by atoms with Gasteiger partial charge in [-0.15, -0.1) is 0 Å². The Morgan fingerprint density at radius 1 is 1.20 bits per heavy atom. The molecule has 5 heteroatoms. The average Bonchev–Trinajstić information content (AvgIpc) is 2.80. The van der Waals surface area contributed by atoms with Gasteiger partial charge in [0.15, 0.2) is 4.77 Å². The van der Waals surface area contributed by atoms with Gasteiger partial charge in [-0.25, -0.2) is 0 Å². The van der Waals surface area contributed by atoms with Crippen molar-refractivity contribution >= 4 is 12.2 Å². The van der Waals surface area contributed by atoms with Crippen molar-refractivity contribution in [3.63, 3.8) is 0 Å². The largest absolute Gasteiger partial charge is 0.378 e. The van der Waals surface area contributed by atoms with E-state index >= 15 is 0 Å². The molecule has 0 amide bonds. The van der Waals surface area contributed by atoms with Gasteiger partial charge < -0.3 is 19.2 Å². The van der Waals surface area contributed by atoms with Gasteiger partial charge in [0.05, 0.1) is 18.9 Å². The zero-order valence-electron chi connectivity index (χ0n) is 12.0. The molecule has 0 unspecified atom stereocenters. The molecular weight excluding hydrogens is 270 g/mol. The first-order chi connectivity index (χ1) is 9.68. The number of hydrogen-bond acceptors (Lipinski definition) is 3. The Labute approximate surface area is 125 Å². The number of imidazole rings is 1. The normalized spacial score (nSPS) is 11.2. The van der Waals surface area contributed by atoms with Crippen molar-refractivity contribution in [1.82, 2.24) is 14.5 Å². The minimum absolute atomic E-state index is 0.667. The lowest BCUT2D eigenvalue weighted by atomic mass is 10.2. The smallest absolute Gasteiger partial charge is 0.177 e. The summed E-state index contributed by atoms with van der Waals surface area (Å²) in [5, 5.41) is 0. The van der Waals surface area contributed by atoms with E-state index in [1.165, 1.54) is 0 Å². The predicted octanol–water partition coefficient (Wildman–Crippen LogP) is 2.79. The van der Waals surface area contributed by atoms with E-state index in [-0.39, 0.29) is 0 Å². The van der Waals surface area contributed by atoms with Crippen LogP contribution in [-0.2, 0) is 11.3 Å². The summed E-state index contributed by atoms with van der Waals surface area (Å²) >= 11 is 5.34. The van der Waals surface area contributed by atoms with Crippen molar-refractivity contribution < 1.29 is 4.74 Å². The topological polar surface area (TPSA) is 33.2 Å². The molecule has 2 rings (SSSR count). The van der Waals surface area contributed by atoms with Gasteiger partial charge in [-0.1, -0.05) is 30.3 Å². The molecule has 0 aliphatic rings. The average molecular weight is 291 g/mol. The Morgan fingerprint density at radius 3 is 2.65 bits per heavy atom. The minimum Gasteiger partial charge on any atom is -0.378 e. The molecule has 4 nitrogen and oxygen atoms in total. The van der Waals surface area contributed by atoms with Gasteiger partial charge in [-0.3, -0.25) is 0 Å². The fourth-order valence-corrected chi connectivity index (χ4v) is 2.22. The van der Waals surface area contributed by atoms with Crippen molar-refractivity contribution in [2.24, 2.45) is 0 Å². The Morgan fingerprint density at radius 2 is 1.95 bits per heavy atom. The third-order valence-corrected chi connectivity index (χ3v) is 3.42. The highest BCUT2D eigenvalue weighted by Crippen LogP contribution is 2.18. The van der Waals surface area contributed by atoms with Gasteiger partial charge in [0, 0.05) is 19.3 Å². The highest BCUT2D eigenvalue weighted by Gasteiger charge is 2.05. The Hall–Kier alpha value is -1.43. The SMILES string of the molecule is CN(C)CCOCCn1c(-c2ccccc2)c[nH]c1=S. The van der Waals surface area contributed by atoms with Crippen LogP contribution in [0.5, 0.6) is 0 Å². The second kappa shape index (κ2) is 7.38. The highest BCUT2D eigenvalue weighted by atomic mass is 32.1. The van der Waals surface area contributed by atoms with E-state index in [1.807, 2.05) is 38.5 Å². The molecule has 1 aromatic heterocycles. The number of rotatable bonds is 7. The van der Waals surface area contributed by atoms with Gasteiger partial charge >= 0.3 is 0 Å². The van der Waals surface area contributed by atoms with Crippen molar-refractivity contribution in [2.75, 3.05) is 33.9 Å². The van der Waals surface area contributed by atoms with Crippen LogP contribution in [-0.4, -0.2) is 48.3 Å². The molecule has 0 bridgehead atoms. The van der Waals surface area contributed by atoms with E-state index in [0.29, 0.717) is 6.61 Å². The van der Waals surface area contributed by atoms with Crippen molar-refractivity contribution in [3.05, 3.63) is 41.3 Å². The summed E-state index contributed by atoms with van der Waals surface area (Å²) in [5.74, 6) is 0. The molecule has 0 aliphatic heterocycles. The molecule has 0 saturated heterocycles. The standard InChI is InChI=1S/C15H21N3OS/c1-17(2)8-10-19-11-9-18-14(12-16-15(18)20)13-6-4-3-5-7-13/h3-7,12H,8-11H2,1-2H3,(H,16,20). The lowest BCUT2D eigenvalue weighted by Crippen LogP contribution is -2.19. The lowest BCUT2D eigenvalue weighted by molar-refractivity contribution is 0.111. The summed E-state index contributed by atoms with van der Waals surface area (Å²) in [6.07, 6.45) is 1.96. The Bertz CT molecular complexity index is 574. The zero-order valence-corrected chi connectivity index (χ0v) is 12.8. The number of nitrogens with one attached hydrogen (secondary N) is 1. The third kappa shape index (κ3) is 4.03. The number of aromatic amines is 1. The molecule has 108 valence electrons. The first kappa shape index (κ1) is 15.0. The van der Waals surface area contributed by atoms with Crippen molar-refractivity contribution in [3.8, 4) is 11.3 Å². The number of H-pyrrole nitrogens is 1. The van der Waals surface area contributed by atoms with Crippen LogP contribution >= 0.6 is 12.2 Å². The monoisotopic (exact) mass is 291 g/mol. The van der Waals surface area contributed by atoms with Gasteiger partial charge in [0.2, 0.25) is 0 Å². The number of likely N-dealkylation sites (N-methyl/N-ethyl adjacent to an activating group) is 1. The van der Waals surface area contributed by atoms with E-state index < -0.39 is 0 Å². The summed E-state index contributed by atoms with van der Waals surface area (Å²) in [4.78, 5) is 5.22. The number of aromatic nitrogens is 2. The van der Waals surface area contributed by atoms with Crippen molar-refractivity contribution in [1.29, 1.82) is 0 Å². The molecule has 0 atom stereocenters. The molecule has 0 saturated carbocycles. The van der Waals surface area contributed by atoms with Gasteiger partial charge in [0.25, 0.3) is 0 Å². The Kier molecular flexibility index (Phi) is 5.52. The number of nitrogens with zero attached hydrogens (tertiary/aromatic N) is 2. The molecule has 0 radical (unpaired) electrons. The van der Waals surface area contributed by atoms with Crippen molar-refractivity contribution in [2.45, 2.75) is 6.54 Å². The number of ether oxygens (including phenoxy) is 1. The molecular formula is C15H21N3OS. The summed E-state index contributed by atoms with van der Waals surface area (Å²) in [5.41, 5.74) is 2.26. The second-order valence-corrected chi connectivity index (χ2v) is 5.30. The Balaban J connectivity index is 1.98. The molecule has 1 heterocycles. The zero-order chi connectivity index (χ0) is 14.4. The maximum absolute atomic E-state index is 5.64. The van der Waals surface area contributed by atoms with Crippen LogP contribution in [0, 0.1) is 4.77 Å². The van der Waals surface area contributed by atoms with E-state index in [1.54, 1.807) is 0 Å². The lowest BCUT2D eigenvalue weighted by Gasteiger charge is -2.11. The molecule has 0 fully saturated rings. The molecule has 2 aromatic rings. The van der Waals surface area contributed by atoms with E-state index in [0.717, 1.165) is 35.7 Å². The van der Waals surface area contributed by atoms with Crippen LogP contribution in [0.3, 0.4) is 0 Å². The van der Waals surface area contributed by atoms with Gasteiger partial charge in [-0.05, 0) is 31.9 Å². The van der Waals surface area contributed by atoms with E-state index in [2.05, 4.69) is 26.6 Å². The fraction of sp³-hybridized carbons (Fsp3) is 0.400.